The fraction of sp³-hybridized carbons (Fsp3) is 0.915. The molecular weight excluding hydrogens is 2030 g/mol. The summed E-state index contributed by atoms with van der Waals surface area (Å²) >= 11 is 0. The van der Waals surface area contributed by atoms with Crippen LogP contribution in [-0.2, 0) is 133 Å². The summed E-state index contributed by atoms with van der Waals surface area (Å²) in [5.41, 5.74) is 0. The lowest BCUT2D eigenvalue weighted by Crippen LogP contribution is -2.70. The molecule has 0 saturated carbocycles. The van der Waals surface area contributed by atoms with E-state index >= 15 is 0 Å². The van der Waals surface area contributed by atoms with Gasteiger partial charge in [-0.1, -0.05) is 0 Å². The molecule has 11 heterocycles. The van der Waals surface area contributed by atoms with Gasteiger partial charge in [-0.25, -0.2) is 9.59 Å². The van der Waals surface area contributed by atoms with E-state index in [1.54, 1.807) is 0 Å². The fourth-order valence-electron chi connectivity index (χ4n) is 19.0. The Balaban J connectivity index is 0.822. The van der Waals surface area contributed by atoms with Crippen LogP contribution in [0, 0.1) is 0 Å². The van der Waals surface area contributed by atoms with Gasteiger partial charge in [0.1, 0.15) is 250 Å². The summed E-state index contributed by atoms with van der Waals surface area (Å²) in [6.45, 7) is -6.60. The molecule has 0 aromatic carbocycles. The predicted octanol–water partition coefficient (Wildman–Crippen LogP) is -24.8. The number of hydrogen-bond acceptors (Lipinski definition) is 59. The summed E-state index contributed by atoms with van der Waals surface area (Å²) in [6, 6.07) is -9.63. The first-order valence-corrected chi connectivity index (χ1v) is 46.8. The molecule has 0 aliphatic carbocycles. The van der Waals surface area contributed by atoms with Crippen LogP contribution in [0.25, 0.3) is 0 Å². The molecule has 0 spiro atoms. The average molecular weight is 2170 g/mol. The number of amides is 5. The summed E-state index contributed by atoms with van der Waals surface area (Å²) in [6.07, 6.45) is -113. The van der Waals surface area contributed by atoms with Crippen molar-refractivity contribution >= 4 is 41.5 Å². The molecule has 854 valence electrons. The molecule has 0 aromatic heterocycles. The molecule has 11 saturated heterocycles. The van der Waals surface area contributed by atoms with E-state index in [-0.39, 0.29) is 0 Å². The van der Waals surface area contributed by atoms with Crippen molar-refractivity contribution in [1.29, 1.82) is 0 Å². The molecule has 0 bridgehead atoms. The van der Waals surface area contributed by atoms with E-state index < -0.39 is 469 Å². The van der Waals surface area contributed by atoms with E-state index in [0.717, 1.165) is 34.6 Å². The second-order valence-electron chi connectivity index (χ2n) is 37.4. The molecule has 1 unspecified atom stereocenters. The minimum absolute atomic E-state index is 0.845. The number of hydrogen-bond donors (Lipinski definition) is 38. The molecule has 66 nitrogen and oxygen atoms in total. The summed E-state index contributed by atoms with van der Waals surface area (Å²) in [7, 11) is 0. The minimum Gasteiger partial charge on any atom is -0.477 e. The lowest BCUT2D eigenvalue weighted by Gasteiger charge is -2.51. The second kappa shape index (κ2) is 52.4. The molecule has 66 heteroatoms. The molecule has 11 fully saturated rings. The lowest BCUT2D eigenvalue weighted by molar-refractivity contribution is -0.395. The van der Waals surface area contributed by atoms with E-state index in [9.17, 15) is 202 Å². The number of aliphatic hydroxyl groups is 31. The van der Waals surface area contributed by atoms with Crippen molar-refractivity contribution in [2.24, 2.45) is 0 Å². The number of aliphatic hydroxyl groups excluding tert-OH is 31. The van der Waals surface area contributed by atoms with Gasteiger partial charge in [0.15, 0.2) is 56.6 Å². The first kappa shape index (κ1) is 122. The first-order valence-electron chi connectivity index (χ1n) is 46.8. The number of carboxylic acid groups (broad SMARTS) is 2. The number of aliphatic carboxylic acids is 2. The zero-order chi connectivity index (χ0) is 110. The maximum Gasteiger partial charge on any atom is 0.364 e. The van der Waals surface area contributed by atoms with Crippen LogP contribution >= 0.6 is 0 Å². The average Bonchev–Trinajstić information content (AvgIpc) is 0.764. The van der Waals surface area contributed by atoms with Crippen LogP contribution in [0.2, 0.25) is 0 Å². The molecular formula is C82H135N5O61. The largest absolute Gasteiger partial charge is 0.477 e. The highest BCUT2D eigenvalue weighted by atomic mass is 16.8. The van der Waals surface area contributed by atoms with Gasteiger partial charge in [-0.3, -0.25) is 24.0 Å². The van der Waals surface area contributed by atoms with Gasteiger partial charge >= 0.3 is 11.9 Å². The Morgan fingerprint density at radius 2 is 0.581 bits per heavy atom. The quantitative estimate of drug-likeness (QED) is 0.0270. The van der Waals surface area contributed by atoms with E-state index in [2.05, 4.69) is 26.6 Å². The number of ether oxygens (including phenoxy) is 21. The molecule has 11 aliphatic rings. The minimum atomic E-state index is -3.19. The maximum atomic E-state index is 13.4. The van der Waals surface area contributed by atoms with Gasteiger partial charge in [-0.05, 0) is 6.92 Å². The first-order chi connectivity index (χ1) is 69.6. The molecule has 148 heavy (non-hydrogen) atoms. The van der Waals surface area contributed by atoms with Gasteiger partial charge in [0.25, 0.3) is 11.6 Å². The number of carbonyl (C=O) groups excluding carboxylic acids is 5. The second-order valence-corrected chi connectivity index (χ2v) is 37.4. The van der Waals surface area contributed by atoms with Crippen LogP contribution in [-0.4, -0.2) is 625 Å². The number of carbonyl (C=O) groups is 7. The van der Waals surface area contributed by atoms with Gasteiger partial charge < -0.3 is 295 Å². The lowest BCUT2D eigenvalue weighted by atomic mass is 9.88. The number of carboxylic acids is 2. The van der Waals surface area contributed by atoms with Crippen LogP contribution in [0.15, 0.2) is 0 Å². The molecule has 11 rings (SSSR count). The Morgan fingerprint density at radius 3 is 0.966 bits per heavy atom. The molecule has 57 atom stereocenters. The third kappa shape index (κ3) is 27.0. The van der Waals surface area contributed by atoms with Crippen LogP contribution in [0.1, 0.15) is 54.4 Å². The highest BCUT2D eigenvalue weighted by molar-refractivity contribution is 5.78. The molecule has 0 radical (unpaired) electrons. The summed E-state index contributed by atoms with van der Waals surface area (Å²) in [5, 5.41) is 381. The Morgan fingerprint density at radius 1 is 0.291 bits per heavy atom. The standard InChI is InChI=1S/C82H135N5O61/c1-19-42(104)52(114)57(119)74(131-19)146-69-54(116)46(108)36(18-130-82(80(126)127)8-26(101)38(84-21(3)96)66(148-82)44(106)28(103)10-89)139-78(69)143-63-33(15-94)136-73(41(51(63)113)87-24(6)99)145-68-48(110)34(137-77(60(68)122)142-64-30(12-91)132-70(123)56(118)55(64)117)16-128-71-39(85-22(4)97)49(111)61(31(13-92)134-71)141-76-59(121)67(47(109)29(11-90)133-76)144-72-40(86-23(5)98)50(112)62(32(14-93)135-72)140-75-58(120)53(115)45(107)35(138-75)17-129-81(79(124)125)7-25(100)37(83-20(2)95)65(147-81)43(105)27(102)9-88/h19,25-78,88-94,100-123H,7-18H2,1-6H3,(H,83,95)(H,84,96)(H,85,97)(H,86,98)(H,87,99)(H,124,125)(H,126,127)/t19-,25-,26-,27+,28+,29+,30+,31+,32+,33+,34+,35+,36+,37+,38+,39+,40+,41+,42+,43+,44+,45-,46-,47-,48-,49+,50+,51+,52+,53-,54-,55+,56+,57-,58+,59+,60+,61+,62+,63+,64+,65+,66+,67-,68+,69+,70?,71+,72-,73-,74-,75-,76-,77-,78-,81+,82+/m0/s1. The highest BCUT2D eigenvalue weighted by Crippen LogP contribution is 2.44. The van der Waals surface area contributed by atoms with Crippen LogP contribution < -0.4 is 26.6 Å². The Labute approximate surface area is 836 Å². The van der Waals surface area contributed by atoms with Crippen molar-refractivity contribution in [1.82, 2.24) is 26.6 Å². The molecule has 11 aliphatic heterocycles. The third-order valence-corrected chi connectivity index (χ3v) is 26.9. The zero-order valence-electron chi connectivity index (χ0n) is 79.4. The SMILES string of the molecule is CC(=O)N[C@H]1[C@H](O[C@H]2[C@@H](O)[C@@H](CO)O[C@@H](O[C@H]3[C@H](O)[C@@H](NC(C)=O)[C@H](OC[C@H]4O[C@@H](O[C@H]5[C@H](O)[C@@H](O)C(O)O[C@@H]5CO)[C@H](O)[C@H](O[C@@H]5O[C@H](CO)[C@@H](O[C@@H]6O[C@H](CO[C@]7(C(=O)O)C[C@H](O)[C@@H](NC(C)=O)[C@H]([C@H](O)[C@H](O)CO)O7)[C@H](O)[C@H](O)[C@H]6O[C@@H]6O[C@@H](C)[C@@H](O)[C@@H](O)[C@@H]6O)[C@H](O)[C@H]5NC(C)=O)[C@H]4O)O[C@@H]3CO)[C@@H]2O)O[C@H](CO)[C@@H](O[C@@H]2O[C@H](CO[C@]3(C(=O)O)C[C@H](O)[C@@H](NC(C)=O)[C@H]([C@H](O)[C@H](O)CO)O3)[C@H](O)[C@H](O)[C@H]2O)[C@@H]1O. The summed E-state index contributed by atoms with van der Waals surface area (Å²) < 4.78 is 124. The third-order valence-electron chi connectivity index (χ3n) is 26.9. The Kier molecular flexibility index (Phi) is 43.3. The van der Waals surface area contributed by atoms with E-state index in [1.165, 1.54) is 6.92 Å². The zero-order valence-corrected chi connectivity index (χ0v) is 79.4. The van der Waals surface area contributed by atoms with Crippen LogP contribution in [0.3, 0.4) is 0 Å². The van der Waals surface area contributed by atoms with Gasteiger partial charge in [-0.15, -0.1) is 0 Å². The van der Waals surface area contributed by atoms with Crippen molar-refractivity contribution in [2.75, 3.05) is 66.1 Å². The van der Waals surface area contributed by atoms with Crippen molar-refractivity contribution in [3.8, 4) is 0 Å². The van der Waals surface area contributed by atoms with E-state index in [0.29, 0.717) is 0 Å². The van der Waals surface area contributed by atoms with Crippen molar-refractivity contribution < 1.29 is 302 Å². The van der Waals surface area contributed by atoms with Crippen LogP contribution in [0.5, 0.6) is 0 Å². The number of nitrogens with one attached hydrogen (secondary N) is 5. The summed E-state index contributed by atoms with van der Waals surface area (Å²) in [5.74, 6) is -15.3. The summed E-state index contributed by atoms with van der Waals surface area (Å²) in [4.78, 5) is 90.4. The molecule has 0 aromatic rings. The van der Waals surface area contributed by atoms with Crippen molar-refractivity contribution in [3.63, 3.8) is 0 Å². The predicted molar refractivity (Wildman–Crippen MR) is 453 cm³/mol. The van der Waals surface area contributed by atoms with Crippen LogP contribution in [0.4, 0.5) is 0 Å². The smallest absolute Gasteiger partial charge is 0.364 e. The van der Waals surface area contributed by atoms with Crippen molar-refractivity contribution in [2.45, 2.75) is 403 Å². The fourth-order valence-corrected chi connectivity index (χ4v) is 19.0. The van der Waals surface area contributed by atoms with Gasteiger partial charge in [0.2, 0.25) is 29.5 Å². The normalized spacial score (nSPS) is 47.0. The van der Waals surface area contributed by atoms with E-state index in [4.69, 9.17) is 99.5 Å². The van der Waals surface area contributed by atoms with Gasteiger partial charge in [0, 0.05) is 47.5 Å². The highest BCUT2D eigenvalue weighted by Gasteiger charge is 2.65. The maximum absolute atomic E-state index is 13.4. The Bertz CT molecular complexity index is 4260. The van der Waals surface area contributed by atoms with Crippen molar-refractivity contribution in [3.05, 3.63) is 0 Å². The Hall–Kier alpha value is -5.79. The topological polar surface area (TPSA) is 1040 Å². The monoisotopic (exact) mass is 2170 g/mol. The molecule has 38 N–H and O–H groups in total. The van der Waals surface area contributed by atoms with Gasteiger partial charge in [0.05, 0.1) is 96.5 Å². The molecule has 5 amide bonds. The van der Waals surface area contributed by atoms with E-state index in [1.807, 2.05) is 0 Å². The number of rotatable bonds is 41. The van der Waals surface area contributed by atoms with Gasteiger partial charge in [-0.2, -0.15) is 0 Å².